The number of methoxy groups -OCH3 is 1. The number of Topliss-reactive ketones (excluding diaryl/α,β-unsaturated/α-hetero) is 1. The Kier molecular flexibility index (Phi) is 6.80. The van der Waals surface area contributed by atoms with E-state index in [0.717, 1.165) is 29.1 Å². The number of hydrogen-bond donors (Lipinski definition) is 0. The van der Waals surface area contributed by atoms with Crippen LogP contribution in [0.1, 0.15) is 35.3 Å². The highest BCUT2D eigenvalue weighted by Gasteiger charge is 2.14. The van der Waals surface area contributed by atoms with Crippen molar-refractivity contribution in [2.75, 3.05) is 19.5 Å². The van der Waals surface area contributed by atoms with E-state index in [0.29, 0.717) is 18.9 Å². The lowest BCUT2D eigenvalue weighted by Gasteiger charge is -2.09. The quantitative estimate of drug-likeness (QED) is 0.521. The largest absolute Gasteiger partial charge is 0.383 e. The number of benzene rings is 1. The van der Waals surface area contributed by atoms with Gasteiger partial charge < -0.3 is 9.30 Å². The molecule has 1 heterocycles. The van der Waals surface area contributed by atoms with Crippen LogP contribution in [-0.4, -0.2) is 40.0 Å². The van der Waals surface area contributed by atoms with Crippen LogP contribution in [0.25, 0.3) is 0 Å². The summed E-state index contributed by atoms with van der Waals surface area (Å²) in [6.45, 7) is 5.46. The minimum atomic E-state index is 0.142. The summed E-state index contributed by atoms with van der Waals surface area (Å²) in [5.41, 5.74) is 3.13. The SMILES string of the molecule is CCc1ccc(CC)c(C(=O)CSc2nncn2CCOC)c1. The molecule has 2 rings (SSSR count). The van der Waals surface area contributed by atoms with E-state index >= 15 is 0 Å². The second-order valence-electron chi connectivity index (χ2n) is 5.21. The molecule has 0 saturated carbocycles. The van der Waals surface area contributed by atoms with Crippen LogP contribution >= 0.6 is 11.8 Å². The van der Waals surface area contributed by atoms with Crippen molar-refractivity contribution < 1.29 is 9.53 Å². The molecule has 0 saturated heterocycles. The van der Waals surface area contributed by atoms with Crippen molar-refractivity contribution in [3.8, 4) is 0 Å². The summed E-state index contributed by atoms with van der Waals surface area (Å²) in [5.74, 6) is 0.509. The summed E-state index contributed by atoms with van der Waals surface area (Å²) >= 11 is 1.42. The molecule has 0 aliphatic rings. The Morgan fingerprint density at radius 2 is 2.13 bits per heavy atom. The summed E-state index contributed by atoms with van der Waals surface area (Å²) in [6.07, 6.45) is 3.46. The molecule has 1 aromatic heterocycles. The Balaban J connectivity index is 2.06. The number of ketones is 1. The van der Waals surface area contributed by atoms with Gasteiger partial charge in [-0.25, -0.2) is 0 Å². The Hall–Kier alpha value is -1.66. The molecule has 0 aliphatic carbocycles. The van der Waals surface area contributed by atoms with Crippen molar-refractivity contribution in [3.05, 3.63) is 41.2 Å². The molecule has 0 aliphatic heterocycles. The van der Waals surface area contributed by atoms with Gasteiger partial charge in [-0.1, -0.05) is 37.7 Å². The first-order valence-electron chi connectivity index (χ1n) is 7.84. The van der Waals surface area contributed by atoms with Crippen LogP contribution in [0.3, 0.4) is 0 Å². The van der Waals surface area contributed by atoms with Crippen molar-refractivity contribution in [1.82, 2.24) is 14.8 Å². The van der Waals surface area contributed by atoms with Crippen LogP contribution in [0, 0.1) is 0 Å². The minimum absolute atomic E-state index is 0.142. The van der Waals surface area contributed by atoms with Crippen molar-refractivity contribution >= 4 is 17.5 Å². The Bertz CT molecular complexity index is 655. The molecule has 0 unspecified atom stereocenters. The second-order valence-corrected chi connectivity index (χ2v) is 6.15. The van der Waals surface area contributed by atoms with Gasteiger partial charge in [0.15, 0.2) is 10.9 Å². The number of ether oxygens (including phenoxy) is 1. The molecule has 0 spiro atoms. The molecule has 6 heteroatoms. The smallest absolute Gasteiger partial charge is 0.191 e. The molecular formula is C17H23N3O2S. The highest BCUT2D eigenvalue weighted by Crippen LogP contribution is 2.20. The number of aryl methyl sites for hydroxylation is 2. The summed E-state index contributed by atoms with van der Waals surface area (Å²) in [7, 11) is 1.66. The number of rotatable bonds is 9. The number of nitrogens with zero attached hydrogens (tertiary/aromatic N) is 3. The van der Waals surface area contributed by atoms with Gasteiger partial charge in [-0.05, 0) is 30.0 Å². The van der Waals surface area contributed by atoms with E-state index in [-0.39, 0.29) is 5.78 Å². The molecule has 0 fully saturated rings. The van der Waals surface area contributed by atoms with Crippen LogP contribution in [0.4, 0.5) is 0 Å². The Labute approximate surface area is 141 Å². The van der Waals surface area contributed by atoms with Crippen LogP contribution in [-0.2, 0) is 24.1 Å². The van der Waals surface area contributed by atoms with Gasteiger partial charge in [-0.3, -0.25) is 4.79 Å². The lowest BCUT2D eigenvalue weighted by Crippen LogP contribution is -2.09. The minimum Gasteiger partial charge on any atom is -0.383 e. The van der Waals surface area contributed by atoms with E-state index < -0.39 is 0 Å². The average Bonchev–Trinajstić information content (AvgIpc) is 3.04. The molecule has 23 heavy (non-hydrogen) atoms. The van der Waals surface area contributed by atoms with Crippen molar-refractivity contribution in [3.63, 3.8) is 0 Å². The van der Waals surface area contributed by atoms with Gasteiger partial charge in [0.25, 0.3) is 0 Å². The van der Waals surface area contributed by atoms with E-state index in [1.165, 1.54) is 17.3 Å². The zero-order chi connectivity index (χ0) is 16.7. The fraction of sp³-hybridized carbons (Fsp3) is 0.471. The molecule has 2 aromatic rings. The molecule has 0 N–H and O–H groups in total. The molecule has 0 atom stereocenters. The maximum Gasteiger partial charge on any atom is 0.191 e. The third kappa shape index (κ3) is 4.65. The van der Waals surface area contributed by atoms with Crippen LogP contribution in [0.2, 0.25) is 0 Å². The molecule has 0 bridgehead atoms. The highest BCUT2D eigenvalue weighted by atomic mass is 32.2. The van der Waals surface area contributed by atoms with Crippen molar-refractivity contribution in [2.24, 2.45) is 0 Å². The monoisotopic (exact) mass is 333 g/mol. The van der Waals surface area contributed by atoms with E-state index in [1.54, 1.807) is 13.4 Å². The summed E-state index contributed by atoms with van der Waals surface area (Å²) in [5, 5.41) is 8.74. The summed E-state index contributed by atoms with van der Waals surface area (Å²) in [6, 6.07) is 6.19. The van der Waals surface area contributed by atoms with Gasteiger partial charge in [0.05, 0.1) is 12.4 Å². The maximum atomic E-state index is 12.6. The number of hydrogen-bond acceptors (Lipinski definition) is 5. The first-order valence-corrected chi connectivity index (χ1v) is 8.82. The van der Waals surface area contributed by atoms with E-state index in [1.807, 2.05) is 10.6 Å². The van der Waals surface area contributed by atoms with E-state index in [4.69, 9.17) is 4.74 Å². The van der Waals surface area contributed by atoms with E-state index in [2.05, 4.69) is 36.2 Å². The van der Waals surface area contributed by atoms with Gasteiger partial charge in [0.2, 0.25) is 0 Å². The first kappa shape index (κ1) is 17.7. The topological polar surface area (TPSA) is 57.0 Å². The molecule has 5 nitrogen and oxygen atoms in total. The highest BCUT2D eigenvalue weighted by molar-refractivity contribution is 7.99. The standard InChI is InChI=1S/C17H23N3O2S/c1-4-13-6-7-14(5-2)15(10-13)16(21)11-23-17-19-18-12-20(17)8-9-22-3/h6-7,10,12H,4-5,8-9,11H2,1-3H3. The summed E-state index contributed by atoms with van der Waals surface area (Å²) in [4.78, 5) is 12.6. The fourth-order valence-corrected chi connectivity index (χ4v) is 3.14. The predicted octanol–water partition coefficient (Wildman–Crippen LogP) is 3.02. The van der Waals surface area contributed by atoms with Gasteiger partial charge in [0, 0.05) is 19.2 Å². The number of aromatic nitrogens is 3. The summed E-state index contributed by atoms with van der Waals surface area (Å²) < 4.78 is 6.98. The van der Waals surface area contributed by atoms with Gasteiger partial charge >= 0.3 is 0 Å². The van der Waals surface area contributed by atoms with Crippen LogP contribution in [0.5, 0.6) is 0 Å². The lowest BCUT2D eigenvalue weighted by molar-refractivity contribution is 0.102. The molecule has 124 valence electrons. The van der Waals surface area contributed by atoms with Gasteiger partial charge in [0.1, 0.15) is 6.33 Å². The third-order valence-corrected chi connectivity index (χ3v) is 4.69. The zero-order valence-electron chi connectivity index (χ0n) is 13.9. The predicted molar refractivity (Wildman–Crippen MR) is 92.2 cm³/mol. The zero-order valence-corrected chi connectivity index (χ0v) is 14.7. The average molecular weight is 333 g/mol. The first-order chi connectivity index (χ1) is 11.2. The number of carbonyl (C=O) groups is 1. The molecular weight excluding hydrogens is 310 g/mol. The Morgan fingerprint density at radius 1 is 1.30 bits per heavy atom. The second kappa shape index (κ2) is 8.84. The molecule has 0 radical (unpaired) electrons. The molecule has 1 aromatic carbocycles. The van der Waals surface area contributed by atoms with Crippen LogP contribution in [0.15, 0.2) is 29.7 Å². The maximum absolute atomic E-state index is 12.6. The Morgan fingerprint density at radius 3 is 2.83 bits per heavy atom. The third-order valence-electron chi connectivity index (χ3n) is 3.71. The van der Waals surface area contributed by atoms with Crippen molar-refractivity contribution in [1.29, 1.82) is 0 Å². The van der Waals surface area contributed by atoms with Crippen LogP contribution < -0.4 is 0 Å². The number of thioether (sulfide) groups is 1. The van der Waals surface area contributed by atoms with Crippen molar-refractivity contribution in [2.45, 2.75) is 38.4 Å². The number of carbonyl (C=O) groups excluding carboxylic acids is 1. The fourth-order valence-electron chi connectivity index (χ4n) is 2.32. The van der Waals surface area contributed by atoms with Gasteiger partial charge in [-0.2, -0.15) is 0 Å². The molecule has 0 amide bonds. The lowest BCUT2D eigenvalue weighted by atomic mass is 9.98. The normalized spacial score (nSPS) is 10.9. The van der Waals surface area contributed by atoms with Gasteiger partial charge in [-0.15, -0.1) is 10.2 Å². The van der Waals surface area contributed by atoms with E-state index in [9.17, 15) is 4.79 Å².